The van der Waals surface area contributed by atoms with Crippen molar-refractivity contribution in [2.45, 2.75) is 13.1 Å². The summed E-state index contributed by atoms with van der Waals surface area (Å²) in [4.78, 5) is 14.4. The summed E-state index contributed by atoms with van der Waals surface area (Å²) in [6.45, 7) is 1.50. The minimum Gasteiger partial charge on any atom is -0.398 e. The Morgan fingerprint density at radius 3 is 2.54 bits per heavy atom. The van der Waals surface area contributed by atoms with Crippen molar-refractivity contribution in [2.24, 2.45) is 0 Å². The van der Waals surface area contributed by atoms with Crippen molar-refractivity contribution < 1.29 is 7.65 Å². The van der Waals surface area contributed by atoms with E-state index in [2.05, 4.69) is 39.6 Å². The maximum atomic E-state index is 12.3. The minimum absolute atomic E-state index is 0. The number of amides is 1. The Bertz CT molecular complexity index is 985. The van der Waals surface area contributed by atoms with Crippen LogP contribution in [0, 0.1) is 5.41 Å². The molecule has 1 heterocycles. The van der Waals surface area contributed by atoms with Crippen LogP contribution in [0.4, 0.5) is 11.4 Å². The summed E-state index contributed by atoms with van der Waals surface area (Å²) in [5.41, 5.74) is 9.37. The van der Waals surface area contributed by atoms with Crippen molar-refractivity contribution in [1.82, 2.24) is 14.7 Å². The second-order valence-corrected chi connectivity index (χ2v) is 6.90. The number of nitrogen functional groups attached to an aromatic ring is 1. The minimum atomic E-state index is -0.523. The van der Waals surface area contributed by atoms with Crippen molar-refractivity contribution in [3.63, 3.8) is 0 Å². The summed E-state index contributed by atoms with van der Waals surface area (Å²) >= 11 is 0. The molecule has 0 aliphatic carbocycles. The van der Waals surface area contributed by atoms with E-state index < -0.39 is 5.91 Å². The lowest BCUT2D eigenvalue weighted by Crippen LogP contribution is -2.23. The van der Waals surface area contributed by atoms with Crippen LogP contribution in [0.1, 0.15) is 19.5 Å². The Morgan fingerprint density at radius 1 is 1.18 bits per heavy atom. The van der Waals surface area contributed by atoms with Gasteiger partial charge in [-0.15, -0.1) is 0 Å². The van der Waals surface area contributed by atoms with Gasteiger partial charge in [-0.05, 0) is 31.3 Å². The molecule has 3 rings (SSSR count). The fourth-order valence-electron chi connectivity index (χ4n) is 2.86. The van der Waals surface area contributed by atoms with Gasteiger partial charge in [0.15, 0.2) is 0 Å². The third kappa shape index (κ3) is 4.83. The highest BCUT2D eigenvalue weighted by molar-refractivity contribution is 6.48. The average molecular weight is 380 g/mol. The SMILES string of the molecule is CN(C)Cc1ccc(Cn2cc(NC(=O)C(=N)c3ccccc3N)cn2)cc1.[HH].[HH]. The molecule has 0 fully saturated rings. The standard InChI is InChI=1S/C21H24N6O.2H2/c1-26(2)12-15-7-9-16(10-8-15)13-27-14-17(11-24-27)25-21(28)20(23)18-5-3-4-6-19(18)22;;/h3-11,14,23H,12-13,22H2,1-2H3,(H,25,28);2*1H. The molecular formula is C21H28N6O. The molecule has 0 aliphatic rings. The van der Waals surface area contributed by atoms with E-state index in [4.69, 9.17) is 11.1 Å². The fraction of sp³-hybridized carbons (Fsp3) is 0.190. The Hall–Kier alpha value is -3.45. The molecule has 0 spiro atoms. The number of nitrogens with one attached hydrogen (secondary N) is 2. The van der Waals surface area contributed by atoms with Gasteiger partial charge in [-0.3, -0.25) is 14.9 Å². The summed E-state index contributed by atoms with van der Waals surface area (Å²) in [6.07, 6.45) is 3.31. The zero-order valence-electron chi connectivity index (χ0n) is 16.0. The molecule has 2 aromatic carbocycles. The number of para-hydroxylation sites is 1. The zero-order chi connectivity index (χ0) is 20.1. The van der Waals surface area contributed by atoms with Crippen LogP contribution in [0.25, 0.3) is 0 Å². The van der Waals surface area contributed by atoms with E-state index in [1.807, 2.05) is 14.1 Å². The van der Waals surface area contributed by atoms with E-state index >= 15 is 0 Å². The number of nitrogens with two attached hydrogens (primary N) is 1. The van der Waals surface area contributed by atoms with Crippen LogP contribution in [-0.4, -0.2) is 40.4 Å². The van der Waals surface area contributed by atoms with Crippen LogP contribution < -0.4 is 11.1 Å². The molecule has 0 radical (unpaired) electrons. The molecule has 1 amide bonds. The van der Waals surface area contributed by atoms with Gasteiger partial charge in [0.1, 0.15) is 5.71 Å². The van der Waals surface area contributed by atoms with E-state index in [0.717, 1.165) is 12.1 Å². The average Bonchev–Trinajstić information content (AvgIpc) is 3.09. The van der Waals surface area contributed by atoms with Gasteiger partial charge < -0.3 is 16.0 Å². The number of hydrogen-bond donors (Lipinski definition) is 3. The topological polar surface area (TPSA) is 100 Å². The first kappa shape index (κ1) is 19.3. The van der Waals surface area contributed by atoms with Gasteiger partial charge in [-0.25, -0.2) is 0 Å². The molecule has 0 bridgehead atoms. The molecule has 0 atom stereocenters. The first-order valence-corrected chi connectivity index (χ1v) is 8.92. The lowest BCUT2D eigenvalue weighted by atomic mass is 10.1. The second kappa shape index (κ2) is 8.49. The molecule has 0 saturated heterocycles. The number of anilines is 2. The van der Waals surface area contributed by atoms with Gasteiger partial charge in [0.25, 0.3) is 5.91 Å². The molecule has 1 aromatic heterocycles. The molecule has 0 aliphatic heterocycles. The lowest BCUT2D eigenvalue weighted by Gasteiger charge is -2.10. The van der Waals surface area contributed by atoms with Crippen molar-refractivity contribution in [2.75, 3.05) is 25.1 Å². The highest BCUT2D eigenvalue weighted by Crippen LogP contribution is 2.14. The van der Waals surface area contributed by atoms with Crippen LogP contribution in [-0.2, 0) is 17.9 Å². The van der Waals surface area contributed by atoms with Crippen molar-refractivity contribution in [3.8, 4) is 0 Å². The van der Waals surface area contributed by atoms with Crippen LogP contribution in [0.15, 0.2) is 60.9 Å². The maximum Gasteiger partial charge on any atom is 0.274 e. The predicted molar refractivity (Wildman–Crippen MR) is 116 cm³/mol. The Morgan fingerprint density at radius 2 is 1.86 bits per heavy atom. The van der Waals surface area contributed by atoms with Crippen LogP contribution in [0.3, 0.4) is 0 Å². The number of carbonyl (C=O) groups is 1. The molecular weight excluding hydrogens is 352 g/mol. The molecule has 28 heavy (non-hydrogen) atoms. The second-order valence-electron chi connectivity index (χ2n) is 6.90. The molecule has 148 valence electrons. The number of aromatic nitrogens is 2. The zero-order valence-corrected chi connectivity index (χ0v) is 16.0. The quantitative estimate of drug-likeness (QED) is 0.433. The third-order valence-electron chi connectivity index (χ3n) is 4.21. The van der Waals surface area contributed by atoms with Gasteiger partial charge in [0.05, 0.1) is 18.4 Å². The van der Waals surface area contributed by atoms with Crippen molar-refractivity contribution in [1.29, 1.82) is 5.41 Å². The number of benzene rings is 2. The van der Waals surface area contributed by atoms with Gasteiger partial charge in [-0.2, -0.15) is 5.10 Å². The number of rotatable bonds is 7. The summed E-state index contributed by atoms with van der Waals surface area (Å²) in [5, 5.41) is 15.0. The summed E-state index contributed by atoms with van der Waals surface area (Å²) < 4.78 is 1.75. The summed E-state index contributed by atoms with van der Waals surface area (Å²) in [5.74, 6) is -0.523. The molecule has 0 saturated carbocycles. The smallest absolute Gasteiger partial charge is 0.274 e. The first-order valence-electron chi connectivity index (χ1n) is 8.92. The van der Waals surface area contributed by atoms with Crippen LogP contribution >= 0.6 is 0 Å². The molecule has 0 unspecified atom stereocenters. The van der Waals surface area contributed by atoms with Gasteiger partial charge in [0.2, 0.25) is 0 Å². The first-order chi connectivity index (χ1) is 13.4. The molecule has 7 heteroatoms. The van der Waals surface area contributed by atoms with E-state index in [-0.39, 0.29) is 8.56 Å². The number of nitrogens with zero attached hydrogens (tertiary/aromatic N) is 3. The van der Waals surface area contributed by atoms with Gasteiger partial charge >= 0.3 is 0 Å². The molecule has 4 N–H and O–H groups in total. The van der Waals surface area contributed by atoms with Crippen molar-refractivity contribution >= 4 is 23.0 Å². The lowest BCUT2D eigenvalue weighted by molar-refractivity contribution is -0.110. The summed E-state index contributed by atoms with van der Waals surface area (Å²) in [6, 6.07) is 15.2. The monoisotopic (exact) mass is 380 g/mol. The van der Waals surface area contributed by atoms with Crippen LogP contribution in [0.2, 0.25) is 0 Å². The fourth-order valence-corrected chi connectivity index (χ4v) is 2.86. The molecule has 3 aromatic rings. The Labute approximate surface area is 167 Å². The normalized spacial score (nSPS) is 10.8. The van der Waals surface area contributed by atoms with E-state index in [1.54, 1.807) is 41.3 Å². The van der Waals surface area contributed by atoms with Gasteiger partial charge in [0, 0.05) is 26.8 Å². The molecule has 7 nitrogen and oxygen atoms in total. The third-order valence-corrected chi connectivity index (χ3v) is 4.21. The highest BCUT2D eigenvalue weighted by atomic mass is 16.1. The van der Waals surface area contributed by atoms with Crippen LogP contribution in [0.5, 0.6) is 0 Å². The van der Waals surface area contributed by atoms with E-state index in [0.29, 0.717) is 23.5 Å². The summed E-state index contributed by atoms with van der Waals surface area (Å²) in [7, 11) is 4.08. The number of hydrogen-bond acceptors (Lipinski definition) is 5. The van der Waals surface area contributed by atoms with E-state index in [9.17, 15) is 4.79 Å². The highest BCUT2D eigenvalue weighted by Gasteiger charge is 2.15. The van der Waals surface area contributed by atoms with Gasteiger partial charge in [-0.1, -0.05) is 42.5 Å². The maximum absolute atomic E-state index is 12.3. The Kier molecular flexibility index (Phi) is 5.86. The van der Waals surface area contributed by atoms with Crippen molar-refractivity contribution in [3.05, 3.63) is 77.6 Å². The number of carbonyl (C=O) groups excluding carboxylic acids is 1. The predicted octanol–water partition coefficient (Wildman–Crippen LogP) is 3.07. The largest absolute Gasteiger partial charge is 0.398 e. The Balaban J connectivity index is 0.00000225. The van der Waals surface area contributed by atoms with E-state index in [1.165, 1.54) is 5.56 Å².